The molecule has 24 heavy (non-hydrogen) atoms. The van der Waals surface area contributed by atoms with Crippen molar-refractivity contribution in [3.8, 4) is 5.75 Å². The molecule has 1 aliphatic rings. The maximum Gasteiger partial charge on any atom is 0.124 e. The first kappa shape index (κ1) is 17.6. The van der Waals surface area contributed by atoms with E-state index >= 15 is 0 Å². The molecule has 0 unspecified atom stereocenters. The molecule has 0 radical (unpaired) electrons. The lowest BCUT2D eigenvalue weighted by atomic mass is 10.2. The number of hydrogen-bond donors (Lipinski definition) is 1. The first-order valence-electron chi connectivity index (χ1n) is 8.20. The fourth-order valence-electron chi connectivity index (χ4n) is 2.78. The molecule has 1 N–H and O–H groups in total. The summed E-state index contributed by atoms with van der Waals surface area (Å²) in [5.41, 5.74) is 1.92. The summed E-state index contributed by atoms with van der Waals surface area (Å²) in [7, 11) is 0. The van der Waals surface area contributed by atoms with Gasteiger partial charge in [-0.15, -0.1) is 0 Å². The minimum Gasteiger partial charge on any atom is -0.488 e. The standard InChI is InChI=1S/C19H21Cl2NO2/c20-17-7-3-8-18(21)16(17)13-24-19-9-2-1-5-14(19)11-22-12-15-6-4-10-23-15/h1-3,5,7-9,15,22H,4,6,10-13H2/t15-/m0/s1. The van der Waals surface area contributed by atoms with Gasteiger partial charge in [0.05, 0.1) is 6.10 Å². The van der Waals surface area contributed by atoms with Crippen LogP contribution in [0, 0.1) is 0 Å². The lowest BCUT2D eigenvalue weighted by molar-refractivity contribution is 0.110. The van der Waals surface area contributed by atoms with Crippen molar-refractivity contribution >= 4 is 23.2 Å². The van der Waals surface area contributed by atoms with Crippen molar-refractivity contribution in [2.75, 3.05) is 13.2 Å². The molecule has 1 heterocycles. The molecular formula is C19H21Cl2NO2. The zero-order valence-corrected chi connectivity index (χ0v) is 14.9. The van der Waals surface area contributed by atoms with Gasteiger partial charge in [-0.2, -0.15) is 0 Å². The molecule has 5 heteroatoms. The molecule has 0 spiro atoms. The Morgan fingerprint density at radius 2 is 1.88 bits per heavy atom. The molecular weight excluding hydrogens is 345 g/mol. The number of para-hydroxylation sites is 1. The van der Waals surface area contributed by atoms with Crippen LogP contribution in [0.5, 0.6) is 5.75 Å². The van der Waals surface area contributed by atoms with Crippen LogP contribution in [0.25, 0.3) is 0 Å². The Morgan fingerprint density at radius 1 is 1.08 bits per heavy atom. The summed E-state index contributed by atoms with van der Waals surface area (Å²) in [4.78, 5) is 0. The zero-order chi connectivity index (χ0) is 16.8. The van der Waals surface area contributed by atoms with Gasteiger partial charge in [0.1, 0.15) is 12.4 Å². The van der Waals surface area contributed by atoms with Crippen LogP contribution in [-0.2, 0) is 17.9 Å². The van der Waals surface area contributed by atoms with E-state index in [0.29, 0.717) is 22.8 Å². The van der Waals surface area contributed by atoms with Crippen molar-refractivity contribution in [2.24, 2.45) is 0 Å². The summed E-state index contributed by atoms with van der Waals surface area (Å²) in [6, 6.07) is 13.5. The Kier molecular flexibility index (Phi) is 6.38. The average molecular weight is 366 g/mol. The molecule has 3 nitrogen and oxygen atoms in total. The SMILES string of the molecule is Clc1cccc(Cl)c1COc1ccccc1CNC[C@@H]1CCCO1. The normalized spacial score (nSPS) is 17.2. The second-order valence-corrected chi connectivity index (χ2v) is 6.68. The molecule has 2 aromatic carbocycles. The minimum atomic E-state index is 0.333. The lowest BCUT2D eigenvalue weighted by Crippen LogP contribution is -2.26. The van der Waals surface area contributed by atoms with E-state index in [1.54, 1.807) is 0 Å². The molecule has 1 fully saturated rings. The maximum atomic E-state index is 6.20. The lowest BCUT2D eigenvalue weighted by Gasteiger charge is -2.15. The number of halogens is 2. The highest BCUT2D eigenvalue weighted by molar-refractivity contribution is 6.35. The third-order valence-corrected chi connectivity index (χ3v) is 4.83. The van der Waals surface area contributed by atoms with Gasteiger partial charge < -0.3 is 14.8 Å². The van der Waals surface area contributed by atoms with E-state index in [4.69, 9.17) is 32.7 Å². The van der Waals surface area contributed by atoms with Crippen molar-refractivity contribution in [3.63, 3.8) is 0 Å². The van der Waals surface area contributed by atoms with E-state index in [9.17, 15) is 0 Å². The molecule has 1 saturated heterocycles. The van der Waals surface area contributed by atoms with Crippen LogP contribution >= 0.6 is 23.2 Å². The van der Waals surface area contributed by atoms with E-state index in [1.807, 2.05) is 36.4 Å². The Hall–Kier alpha value is -1.26. The summed E-state index contributed by atoms with van der Waals surface area (Å²) >= 11 is 12.4. The predicted molar refractivity (Wildman–Crippen MR) is 97.9 cm³/mol. The fraction of sp³-hybridized carbons (Fsp3) is 0.368. The summed E-state index contributed by atoms with van der Waals surface area (Å²) in [5, 5.41) is 4.69. The predicted octanol–water partition coefficient (Wildman–Crippen LogP) is 4.84. The van der Waals surface area contributed by atoms with Gasteiger partial charge in [0.15, 0.2) is 0 Å². The highest BCUT2D eigenvalue weighted by Crippen LogP contribution is 2.27. The average Bonchev–Trinajstić information content (AvgIpc) is 3.09. The first-order valence-corrected chi connectivity index (χ1v) is 8.95. The third kappa shape index (κ3) is 4.64. The largest absolute Gasteiger partial charge is 0.488 e. The maximum absolute atomic E-state index is 6.20. The fourth-order valence-corrected chi connectivity index (χ4v) is 3.29. The zero-order valence-electron chi connectivity index (χ0n) is 13.4. The first-order chi connectivity index (χ1) is 11.7. The van der Waals surface area contributed by atoms with Gasteiger partial charge in [-0.1, -0.05) is 47.5 Å². The summed E-state index contributed by atoms with van der Waals surface area (Å²) in [6.07, 6.45) is 2.63. The Balaban J connectivity index is 1.59. The van der Waals surface area contributed by atoms with Crippen LogP contribution in [0.2, 0.25) is 10.0 Å². The third-order valence-electron chi connectivity index (χ3n) is 4.12. The van der Waals surface area contributed by atoms with Crippen molar-refractivity contribution in [3.05, 3.63) is 63.6 Å². The van der Waals surface area contributed by atoms with Crippen molar-refractivity contribution in [1.29, 1.82) is 0 Å². The molecule has 0 bridgehead atoms. The van der Waals surface area contributed by atoms with Gasteiger partial charge in [0.25, 0.3) is 0 Å². The van der Waals surface area contributed by atoms with E-state index < -0.39 is 0 Å². The van der Waals surface area contributed by atoms with Crippen molar-refractivity contribution < 1.29 is 9.47 Å². The molecule has 0 saturated carbocycles. The Labute approximate surface area is 152 Å². The van der Waals surface area contributed by atoms with E-state index in [1.165, 1.54) is 0 Å². The van der Waals surface area contributed by atoms with Crippen LogP contribution in [0.1, 0.15) is 24.0 Å². The van der Waals surface area contributed by atoms with E-state index in [2.05, 4.69) is 11.4 Å². The highest BCUT2D eigenvalue weighted by atomic mass is 35.5. The van der Waals surface area contributed by atoms with Crippen LogP contribution < -0.4 is 10.1 Å². The van der Waals surface area contributed by atoms with E-state index in [-0.39, 0.29) is 0 Å². The van der Waals surface area contributed by atoms with Gasteiger partial charge in [0, 0.05) is 40.9 Å². The quantitative estimate of drug-likeness (QED) is 0.761. The second-order valence-electron chi connectivity index (χ2n) is 5.86. The van der Waals surface area contributed by atoms with Gasteiger partial charge >= 0.3 is 0 Å². The molecule has 0 aliphatic carbocycles. The molecule has 1 aliphatic heterocycles. The topological polar surface area (TPSA) is 30.5 Å². The van der Waals surface area contributed by atoms with Crippen LogP contribution in [0.3, 0.4) is 0 Å². The molecule has 128 valence electrons. The summed E-state index contributed by atoms with van der Waals surface area (Å²) in [5.74, 6) is 0.841. The summed E-state index contributed by atoms with van der Waals surface area (Å²) in [6.45, 7) is 2.84. The van der Waals surface area contributed by atoms with Crippen molar-refractivity contribution in [1.82, 2.24) is 5.32 Å². The monoisotopic (exact) mass is 365 g/mol. The van der Waals surface area contributed by atoms with Crippen LogP contribution in [0.4, 0.5) is 0 Å². The minimum absolute atomic E-state index is 0.333. The number of rotatable bonds is 7. The molecule has 3 rings (SSSR count). The number of benzene rings is 2. The Morgan fingerprint density at radius 3 is 2.62 bits per heavy atom. The van der Waals surface area contributed by atoms with Gasteiger partial charge in [0.2, 0.25) is 0 Å². The molecule has 1 atom stereocenters. The molecule has 2 aromatic rings. The van der Waals surface area contributed by atoms with Gasteiger partial charge in [-0.3, -0.25) is 0 Å². The van der Waals surface area contributed by atoms with E-state index in [0.717, 1.165) is 49.4 Å². The van der Waals surface area contributed by atoms with Gasteiger partial charge in [-0.25, -0.2) is 0 Å². The second kappa shape index (κ2) is 8.72. The highest BCUT2D eigenvalue weighted by Gasteiger charge is 2.15. The number of ether oxygens (including phenoxy) is 2. The molecule has 0 aromatic heterocycles. The van der Waals surface area contributed by atoms with Crippen LogP contribution in [0.15, 0.2) is 42.5 Å². The summed E-state index contributed by atoms with van der Waals surface area (Å²) < 4.78 is 11.6. The number of nitrogens with one attached hydrogen (secondary N) is 1. The molecule has 0 amide bonds. The van der Waals surface area contributed by atoms with Crippen LogP contribution in [-0.4, -0.2) is 19.3 Å². The number of hydrogen-bond acceptors (Lipinski definition) is 3. The van der Waals surface area contributed by atoms with Crippen molar-refractivity contribution in [2.45, 2.75) is 32.1 Å². The smallest absolute Gasteiger partial charge is 0.124 e. The Bertz CT molecular complexity index is 652. The van der Waals surface area contributed by atoms with Gasteiger partial charge in [-0.05, 0) is 31.0 Å².